The minimum absolute atomic E-state index is 0.0597. The number of fused-ring (bicyclic) bond motifs is 4. The minimum atomic E-state index is -0.866. The maximum Gasteiger partial charge on any atom is 0.333 e. The third-order valence-corrected chi connectivity index (χ3v) is 12.8. The molecule has 1 spiro atoms. The second-order valence-electron chi connectivity index (χ2n) is 14.3. The van der Waals surface area contributed by atoms with Crippen molar-refractivity contribution < 1.29 is 42.9 Å². The molecule has 42 heavy (non-hydrogen) atoms. The first-order valence-corrected chi connectivity index (χ1v) is 15.7. The summed E-state index contributed by atoms with van der Waals surface area (Å²) in [6.07, 6.45) is 3.63. The number of methoxy groups -OCH3 is 1. The lowest BCUT2D eigenvalue weighted by molar-refractivity contribution is -0.200. The molecule has 6 aliphatic rings. The predicted molar refractivity (Wildman–Crippen MR) is 150 cm³/mol. The van der Waals surface area contributed by atoms with Crippen LogP contribution in [0.1, 0.15) is 86.5 Å². The van der Waals surface area contributed by atoms with Crippen LogP contribution >= 0.6 is 0 Å². The normalized spacial score (nSPS) is 46.5. The molecule has 0 bridgehead atoms. The van der Waals surface area contributed by atoms with Crippen LogP contribution in [0.15, 0.2) is 11.1 Å². The van der Waals surface area contributed by atoms with Crippen LogP contribution < -0.4 is 0 Å². The van der Waals surface area contributed by atoms with Crippen LogP contribution in [0, 0.1) is 40.4 Å². The Hall–Kier alpha value is -2.26. The average molecular weight is 587 g/mol. The highest BCUT2D eigenvalue weighted by atomic mass is 16.7. The van der Waals surface area contributed by atoms with E-state index in [2.05, 4.69) is 6.92 Å². The molecular formula is C33H46O9. The molecule has 12 atom stereocenters. The minimum Gasteiger partial charge on any atom is -0.465 e. The molecule has 2 heterocycles. The maximum absolute atomic E-state index is 14.1. The summed E-state index contributed by atoms with van der Waals surface area (Å²) in [6.45, 7) is 11.3. The standard InChI is InChI=1S/C33H46O9/c1-16-12-25(41-30(37)17(16)2)18(3)22-8-9-24-21-13-28-33(42-28)29(40-20(5)35)26(38-7)14-27(36)31(33,6)23(21)10-11-32(22,24)15-39-19(4)34/h18,21-26,28-29H,8-15H2,1-7H3/t18-,21+,22+,23-,24-,25+,26?,28+,29-,31+,32+,33+/m0/s1. The zero-order valence-electron chi connectivity index (χ0n) is 26.0. The monoisotopic (exact) mass is 586 g/mol. The quantitative estimate of drug-likeness (QED) is 0.254. The molecule has 4 aliphatic carbocycles. The molecule has 232 valence electrons. The molecule has 6 rings (SSSR count). The highest BCUT2D eigenvalue weighted by molar-refractivity contribution is 5.90. The van der Waals surface area contributed by atoms with Crippen LogP contribution in [0.5, 0.6) is 0 Å². The Morgan fingerprint density at radius 2 is 1.79 bits per heavy atom. The Labute approximate surface area is 248 Å². The van der Waals surface area contributed by atoms with Crippen molar-refractivity contribution in [3.63, 3.8) is 0 Å². The predicted octanol–water partition coefficient (Wildman–Crippen LogP) is 4.34. The highest BCUT2D eigenvalue weighted by Crippen LogP contribution is 2.74. The summed E-state index contributed by atoms with van der Waals surface area (Å²) in [5, 5.41) is 0. The van der Waals surface area contributed by atoms with Gasteiger partial charge in [-0.1, -0.05) is 12.5 Å². The largest absolute Gasteiger partial charge is 0.465 e. The number of Topliss-reactive ketones (excluding diaryl/α,β-unsaturated/α-hetero) is 1. The second-order valence-corrected chi connectivity index (χ2v) is 14.3. The van der Waals surface area contributed by atoms with Crippen molar-refractivity contribution in [2.75, 3.05) is 13.7 Å². The first-order chi connectivity index (χ1) is 19.8. The van der Waals surface area contributed by atoms with E-state index in [1.807, 2.05) is 20.8 Å². The van der Waals surface area contributed by atoms with Crippen molar-refractivity contribution in [2.24, 2.45) is 40.4 Å². The summed E-state index contributed by atoms with van der Waals surface area (Å²) in [7, 11) is 1.56. The van der Waals surface area contributed by atoms with Crippen molar-refractivity contribution in [3.8, 4) is 0 Å². The number of ketones is 1. The van der Waals surface area contributed by atoms with Crippen molar-refractivity contribution in [1.29, 1.82) is 0 Å². The lowest BCUT2D eigenvalue weighted by Crippen LogP contribution is -2.69. The Morgan fingerprint density at radius 3 is 2.43 bits per heavy atom. The highest BCUT2D eigenvalue weighted by Gasteiger charge is 2.83. The van der Waals surface area contributed by atoms with Crippen LogP contribution in [0.3, 0.4) is 0 Å². The number of hydrogen-bond acceptors (Lipinski definition) is 9. The Morgan fingerprint density at radius 1 is 1.05 bits per heavy atom. The third-order valence-electron chi connectivity index (χ3n) is 12.8. The van der Waals surface area contributed by atoms with E-state index in [0.29, 0.717) is 12.2 Å². The van der Waals surface area contributed by atoms with Gasteiger partial charge < -0.3 is 23.7 Å². The first kappa shape index (κ1) is 29.8. The number of ether oxygens (including phenoxy) is 5. The van der Waals surface area contributed by atoms with Crippen LogP contribution in [0.4, 0.5) is 0 Å². The zero-order chi connectivity index (χ0) is 30.4. The summed E-state index contributed by atoms with van der Waals surface area (Å²) < 4.78 is 29.9. The topological polar surface area (TPSA) is 118 Å². The van der Waals surface area contributed by atoms with Gasteiger partial charge >= 0.3 is 17.9 Å². The van der Waals surface area contributed by atoms with Gasteiger partial charge in [0.15, 0.2) is 6.10 Å². The van der Waals surface area contributed by atoms with E-state index in [0.717, 1.165) is 44.1 Å². The molecule has 0 aromatic carbocycles. The summed E-state index contributed by atoms with van der Waals surface area (Å²) >= 11 is 0. The van der Waals surface area contributed by atoms with Crippen molar-refractivity contribution in [3.05, 3.63) is 11.1 Å². The van der Waals surface area contributed by atoms with Gasteiger partial charge in [-0.25, -0.2) is 4.79 Å². The molecule has 0 aromatic heterocycles. The first-order valence-electron chi connectivity index (χ1n) is 15.7. The number of carbonyl (C=O) groups is 4. The molecule has 1 saturated heterocycles. The van der Waals surface area contributed by atoms with Gasteiger partial charge in [-0.15, -0.1) is 0 Å². The molecule has 9 heteroatoms. The van der Waals surface area contributed by atoms with E-state index in [9.17, 15) is 19.2 Å². The van der Waals surface area contributed by atoms with E-state index < -0.39 is 29.2 Å². The van der Waals surface area contributed by atoms with Crippen LogP contribution in [-0.4, -0.2) is 67.4 Å². The van der Waals surface area contributed by atoms with E-state index in [1.54, 1.807) is 7.11 Å². The van der Waals surface area contributed by atoms with Crippen molar-refractivity contribution in [2.45, 2.75) is 117 Å². The average Bonchev–Trinajstić information content (AvgIpc) is 3.55. The van der Waals surface area contributed by atoms with Crippen LogP contribution in [-0.2, 0) is 42.9 Å². The summed E-state index contributed by atoms with van der Waals surface area (Å²) in [4.78, 5) is 51.1. The summed E-state index contributed by atoms with van der Waals surface area (Å²) in [6, 6.07) is 0. The third kappa shape index (κ3) is 4.01. The Bertz CT molecular complexity index is 1220. The molecule has 2 aliphatic heterocycles. The summed E-state index contributed by atoms with van der Waals surface area (Å²) in [5.74, 6) is -0.00338. The molecule has 4 saturated carbocycles. The molecule has 0 amide bonds. The van der Waals surface area contributed by atoms with Crippen LogP contribution in [0.25, 0.3) is 0 Å². The molecule has 1 unspecified atom stereocenters. The van der Waals surface area contributed by atoms with Gasteiger partial charge in [-0.3, -0.25) is 14.4 Å². The van der Waals surface area contributed by atoms with E-state index in [4.69, 9.17) is 23.7 Å². The Balaban J connectivity index is 1.34. The molecule has 9 nitrogen and oxygen atoms in total. The van der Waals surface area contributed by atoms with Crippen LogP contribution in [0.2, 0.25) is 0 Å². The van der Waals surface area contributed by atoms with E-state index in [-0.39, 0.29) is 71.4 Å². The lowest BCUT2D eigenvalue weighted by atomic mass is 9.43. The second kappa shape index (κ2) is 10.1. The number of cyclic esters (lactones) is 1. The fourth-order valence-corrected chi connectivity index (χ4v) is 10.7. The number of epoxide rings is 1. The van der Waals surface area contributed by atoms with Crippen molar-refractivity contribution in [1.82, 2.24) is 0 Å². The van der Waals surface area contributed by atoms with Gasteiger partial charge in [0, 0.05) is 44.8 Å². The molecule has 0 radical (unpaired) electrons. The van der Waals surface area contributed by atoms with Gasteiger partial charge in [0.1, 0.15) is 23.6 Å². The van der Waals surface area contributed by atoms with Gasteiger partial charge in [0.25, 0.3) is 0 Å². The number of hydrogen-bond donors (Lipinski definition) is 0. The Kier molecular flexibility index (Phi) is 7.20. The molecule has 0 aromatic rings. The molecule has 5 fully saturated rings. The smallest absolute Gasteiger partial charge is 0.333 e. The van der Waals surface area contributed by atoms with Gasteiger partial charge in [0.05, 0.1) is 18.1 Å². The fourth-order valence-electron chi connectivity index (χ4n) is 10.7. The number of esters is 3. The zero-order valence-corrected chi connectivity index (χ0v) is 26.0. The van der Waals surface area contributed by atoms with Crippen molar-refractivity contribution >= 4 is 23.7 Å². The number of rotatable bonds is 6. The SMILES string of the molecule is COC1CC(=O)[C@@]2(C)[C@H]3CC[C@@]4(COC(C)=O)[C@@H]([C@H](C)[C@H]5CC(C)=C(C)C(=O)O5)CC[C@H]4[C@@H]3C[C@H]3O[C@@]32[C@H]1OC(C)=O. The van der Waals surface area contributed by atoms with Gasteiger partial charge in [-0.2, -0.15) is 0 Å². The maximum atomic E-state index is 14.1. The van der Waals surface area contributed by atoms with E-state index in [1.165, 1.54) is 13.8 Å². The van der Waals surface area contributed by atoms with Gasteiger partial charge in [-0.05, 0) is 82.5 Å². The fraction of sp³-hybridized carbons (Fsp3) is 0.818. The number of carbonyl (C=O) groups excluding carboxylic acids is 4. The van der Waals surface area contributed by atoms with Gasteiger partial charge in [0.2, 0.25) is 0 Å². The van der Waals surface area contributed by atoms with E-state index >= 15 is 0 Å². The summed E-state index contributed by atoms with van der Waals surface area (Å²) in [5.41, 5.74) is -0.164. The molecule has 0 N–H and O–H groups in total. The lowest BCUT2D eigenvalue weighted by Gasteiger charge is -2.60. The molecular weight excluding hydrogens is 540 g/mol.